The summed E-state index contributed by atoms with van der Waals surface area (Å²) in [5.74, 6) is -3.87. The molecule has 0 spiro atoms. The zero-order valence-electron chi connectivity index (χ0n) is 18.6. The molecule has 1 fully saturated rings. The molecule has 4 atom stereocenters. The van der Waals surface area contributed by atoms with Crippen LogP contribution in [0.4, 0.5) is 4.79 Å². The minimum Gasteiger partial charge on any atom is -0.447 e. The number of ether oxygens (including phenoxy) is 4. The first-order chi connectivity index (χ1) is 15.1. The fourth-order valence-electron chi connectivity index (χ4n) is 3.50. The number of halogens is 1. The second-order valence-electron chi connectivity index (χ2n) is 8.15. The molecule has 0 unspecified atom stereocenters. The van der Waals surface area contributed by atoms with Gasteiger partial charge in [0, 0.05) is 13.0 Å². The summed E-state index contributed by atoms with van der Waals surface area (Å²) in [6.45, 7) is 6.54. The lowest BCUT2D eigenvalue weighted by Crippen LogP contribution is -2.52. The lowest BCUT2D eigenvalue weighted by atomic mass is 9.93. The van der Waals surface area contributed by atoms with Crippen LogP contribution in [0.3, 0.4) is 0 Å². The Bertz CT molecular complexity index is 713. The molecule has 0 aromatic heterocycles. The molecule has 0 saturated carbocycles. The number of ketones is 1. The van der Waals surface area contributed by atoms with Crippen molar-refractivity contribution in [3.05, 3.63) is 10.6 Å². The molecule has 2 aliphatic heterocycles. The zero-order valence-corrected chi connectivity index (χ0v) is 20.2. The highest BCUT2D eigenvalue weighted by molar-refractivity contribution is 9.11. The molecule has 182 valence electrons. The fourth-order valence-corrected chi connectivity index (χ4v) is 4.02. The number of aliphatic hydroxyl groups excluding tert-OH is 1. The lowest BCUT2D eigenvalue weighted by Gasteiger charge is -2.38. The molecule has 2 heterocycles. The van der Waals surface area contributed by atoms with Gasteiger partial charge in [0.05, 0.1) is 42.9 Å². The van der Waals surface area contributed by atoms with Gasteiger partial charge < -0.3 is 29.2 Å². The average Bonchev–Trinajstić information content (AvgIpc) is 3.13. The van der Waals surface area contributed by atoms with E-state index in [0.29, 0.717) is 26.2 Å². The molecule has 0 aromatic carbocycles. The predicted octanol–water partition coefficient (Wildman–Crippen LogP) is 1.37. The summed E-state index contributed by atoms with van der Waals surface area (Å²) >= 11 is 3.19. The number of cyclic esters (lactones) is 1. The first-order valence-corrected chi connectivity index (χ1v) is 11.5. The van der Waals surface area contributed by atoms with Crippen molar-refractivity contribution in [2.24, 2.45) is 11.8 Å². The lowest BCUT2D eigenvalue weighted by molar-refractivity contribution is -0.217. The van der Waals surface area contributed by atoms with E-state index in [4.69, 9.17) is 24.1 Å². The summed E-state index contributed by atoms with van der Waals surface area (Å²) in [7, 11) is 0. The maximum absolute atomic E-state index is 13.0. The SMILES string of the molecule is CC(C)[C@H]1COC(=O)N1C(=O)[C@@H](C)[C@H]1O[C@](O)(CCCOCCOCCO)C(Br)=CC1=O. The highest BCUT2D eigenvalue weighted by Gasteiger charge is 2.48. The van der Waals surface area contributed by atoms with Crippen LogP contribution in [-0.4, -0.2) is 90.5 Å². The number of rotatable bonds is 12. The van der Waals surface area contributed by atoms with Crippen molar-refractivity contribution in [3.63, 3.8) is 0 Å². The third kappa shape index (κ3) is 6.58. The van der Waals surface area contributed by atoms with E-state index < -0.39 is 41.6 Å². The minimum absolute atomic E-state index is 0.0133. The van der Waals surface area contributed by atoms with Crippen molar-refractivity contribution in [2.45, 2.75) is 51.5 Å². The Morgan fingerprint density at radius 1 is 1.25 bits per heavy atom. The van der Waals surface area contributed by atoms with Gasteiger partial charge in [-0.15, -0.1) is 0 Å². The molecule has 2 rings (SSSR count). The molecular weight excluding hydrogens is 490 g/mol. The van der Waals surface area contributed by atoms with Gasteiger partial charge in [-0.1, -0.05) is 20.8 Å². The molecule has 0 aromatic rings. The monoisotopic (exact) mass is 521 g/mol. The van der Waals surface area contributed by atoms with Crippen LogP contribution < -0.4 is 0 Å². The van der Waals surface area contributed by atoms with Crippen LogP contribution >= 0.6 is 15.9 Å². The van der Waals surface area contributed by atoms with Crippen molar-refractivity contribution in [3.8, 4) is 0 Å². The maximum Gasteiger partial charge on any atom is 0.416 e. The molecule has 0 radical (unpaired) electrons. The van der Waals surface area contributed by atoms with Crippen molar-refractivity contribution in [1.29, 1.82) is 0 Å². The largest absolute Gasteiger partial charge is 0.447 e. The van der Waals surface area contributed by atoms with Crippen LogP contribution in [0.5, 0.6) is 0 Å². The standard InChI is InChI=1S/C21H32BrNO9/c1-13(2)15-12-31-20(27)23(15)19(26)14(3)18-16(25)11-17(22)21(28,32-18)5-4-7-29-9-10-30-8-6-24/h11,13-15,18,24,28H,4-10,12H2,1-3H3/t14-,15+,18+,21+/m0/s1. The van der Waals surface area contributed by atoms with E-state index in [1.54, 1.807) is 0 Å². The van der Waals surface area contributed by atoms with E-state index in [1.807, 2.05) is 13.8 Å². The normalized spacial score (nSPS) is 27.0. The molecule has 2 aliphatic rings. The van der Waals surface area contributed by atoms with Crippen molar-refractivity contribution >= 4 is 33.7 Å². The van der Waals surface area contributed by atoms with E-state index in [1.165, 1.54) is 13.0 Å². The van der Waals surface area contributed by atoms with Crippen LogP contribution in [0.2, 0.25) is 0 Å². The van der Waals surface area contributed by atoms with Gasteiger partial charge in [-0.05, 0) is 34.3 Å². The Kier molecular flexibility index (Phi) is 10.2. The molecule has 1 saturated heterocycles. The smallest absolute Gasteiger partial charge is 0.416 e. The molecule has 2 N–H and O–H groups in total. The van der Waals surface area contributed by atoms with Crippen LogP contribution in [0.1, 0.15) is 33.6 Å². The molecule has 0 bridgehead atoms. The van der Waals surface area contributed by atoms with Gasteiger partial charge in [0.1, 0.15) is 12.7 Å². The van der Waals surface area contributed by atoms with Gasteiger partial charge in [-0.3, -0.25) is 9.59 Å². The van der Waals surface area contributed by atoms with Gasteiger partial charge in [0.25, 0.3) is 0 Å². The van der Waals surface area contributed by atoms with Gasteiger partial charge in [-0.2, -0.15) is 0 Å². The molecular formula is C21H32BrNO9. The van der Waals surface area contributed by atoms with Gasteiger partial charge >= 0.3 is 6.09 Å². The number of amides is 2. The Hall–Kier alpha value is -1.37. The van der Waals surface area contributed by atoms with Gasteiger partial charge in [-0.25, -0.2) is 9.69 Å². The Labute approximate surface area is 195 Å². The Morgan fingerprint density at radius 2 is 1.91 bits per heavy atom. The number of hydrogen-bond donors (Lipinski definition) is 2. The third-order valence-electron chi connectivity index (χ3n) is 5.41. The van der Waals surface area contributed by atoms with E-state index >= 15 is 0 Å². The minimum atomic E-state index is -1.80. The highest BCUT2D eigenvalue weighted by Crippen LogP contribution is 2.37. The van der Waals surface area contributed by atoms with Crippen molar-refractivity contribution < 1.29 is 43.5 Å². The molecule has 11 heteroatoms. The molecule has 10 nitrogen and oxygen atoms in total. The van der Waals surface area contributed by atoms with Crippen LogP contribution in [-0.2, 0) is 28.5 Å². The molecule has 32 heavy (non-hydrogen) atoms. The number of hydrogen-bond acceptors (Lipinski definition) is 9. The number of carbonyl (C=O) groups is 3. The summed E-state index contributed by atoms with van der Waals surface area (Å²) in [6, 6.07) is -0.421. The number of carbonyl (C=O) groups excluding carboxylic acids is 3. The first kappa shape index (κ1) is 26.9. The van der Waals surface area contributed by atoms with E-state index in [9.17, 15) is 19.5 Å². The zero-order chi connectivity index (χ0) is 23.9. The number of nitrogens with zero attached hydrogens (tertiary/aromatic N) is 1. The van der Waals surface area contributed by atoms with Crippen LogP contribution in [0, 0.1) is 11.8 Å². The predicted molar refractivity (Wildman–Crippen MR) is 116 cm³/mol. The van der Waals surface area contributed by atoms with Crippen LogP contribution in [0.25, 0.3) is 0 Å². The second-order valence-corrected chi connectivity index (χ2v) is 9.01. The third-order valence-corrected chi connectivity index (χ3v) is 6.26. The van der Waals surface area contributed by atoms with Gasteiger partial charge in [0.2, 0.25) is 5.91 Å². The second kappa shape index (κ2) is 12.2. The Morgan fingerprint density at radius 3 is 2.53 bits per heavy atom. The summed E-state index contributed by atoms with van der Waals surface area (Å²) in [6.07, 6.45) is -0.244. The number of imide groups is 1. The summed E-state index contributed by atoms with van der Waals surface area (Å²) in [5, 5.41) is 19.6. The number of aliphatic hydroxyl groups is 2. The van der Waals surface area contributed by atoms with E-state index in [2.05, 4.69) is 15.9 Å². The average molecular weight is 522 g/mol. The van der Waals surface area contributed by atoms with Gasteiger partial charge in [0.15, 0.2) is 11.6 Å². The molecule has 0 aliphatic carbocycles. The quantitative estimate of drug-likeness (QED) is 0.365. The summed E-state index contributed by atoms with van der Waals surface area (Å²) in [5.41, 5.74) is 0. The first-order valence-electron chi connectivity index (χ1n) is 10.7. The fraction of sp³-hybridized carbons (Fsp3) is 0.762. The van der Waals surface area contributed by atoms with Crippen molar-refractivity contribution in [2.75, 3.05) is 39.6 Å². The van der Waals surface area contributed by atoms with E-state index in [0.717, 1.165) is 4.90 Å². The van der Waals surface area contributed by atoms with Crippen molar-refractivity contribution in [1.82, 2.24) is 4.90 Å². The van der Waals surface area contributed by atoms with E-state index in [-0.39, 0.29) is 36.6 Å². The topological polar surface area (TPSA) is 132 Å². The maximum atomic E-state index is 13.0. The Balaban J connectivity index is 1.97. The van der Waals surface area contributed by atoms with Crippen LogP contribution in [0.15, 0.2) is 10.6 Å². The summed E-state index contributed by atoms with van der Waals surface area (Å²) < 4.78 is 21.4. The summed E-state index contributed by atoms with van der Waals surface area (Å²) in [4.78, 5) is 38.8. The molecule has 2 amide bonds. The highest BCUT2D eigenvalue weighted by atomic mass is 79.9.